The Morgan fingerprint density at radius 1 is 1.22 bits per heavy atom. The van der Waals surface area contributed by atoms with Crippen LogP contribution in [0.4, 0.5) is 5.69 Å². The summed E-state index contributed by atoms with van der Waals surface area (Å²) in [5, 5.41) is 10.0. The van der Waals surface area contributed by atoms with Gasteiger partial charge in [-0.25, -0.2) is 4.98 Å². The number of amides is 1. The molecular weight excluding hydrogens is 468 g/mol. The summed E-state index contributed by atoms with van der Waals surface area (Å²) in [6.45, 7) is 5.25. The molecule has 8 nitrogen and oxygen atoms in total. The number of hydrogen-bond donors (Lipinski definition) is 3. The van der Waals surface area contributed by atoms with E-state index in [1.807, 2.05) is 19.1 Å². The first-order valence-electron chi connectivity index (χ1n) is 13.1. The molecule has 0 radical (unpaired) electrons. The molecule has 0 spiro atoms. The highest BCUT2D eigenvalue weighted by Crippen LogP contribution is 2.32. The van der Waals surface area contributed by atoms with Crippen molar-refractivity contribution in [3.8, 4) is 5.88 Å². The van der Waals surface area contributed by atoms with Gasteiger partial charge in [-0.1, -0.05) is 18.2 Å². The van der Waals surface area contributed by atoms with Gasteiger partial charge < -0.3 is 25.8 Å². The van der Waals surface area contributed by atoms with E-state index >= 15 is 0 Å². The maximum atomic E-state index is 13.4. The minimum atomic E-state index is -0.250. The highest BCUT2D eigenvalue weighted by molar-refractivity contribution is 5.97. The van der Waals surface area contributed by atoms with E-state index in [1.54, 1.807) is 7.11 Å². The maximum absolute atomic E-state index is 13.4. The first-order valence-corrected chi connectivity index (χ1v) is 13.1. The summed E-state index contributed by atoms with van der Waals surface area (Å²) in [5.41, 5.74) is 12.3. The van der Waals surface area contributed by atoms with Crippen molar-refractivity contribution < 1.29 is 19.4 Å². The van der Waals surface area contributed by atoms with Gasteiger partial charge in [0.05, 0.1) is 7.11 Å². The molecular formula is C29H40N4O4. The Morgan fingerprint density at radius 3 is 2.62 bits per heavy atom. The highest BCUT2D eigenvalue weighted by Gasteiger charge is 2.26. The number of carbonyl (C=O) groups excluding carboxylic acids is 1. The SMILES string of the molecule is CCN(c1cccc2c1CC=CCCc1cc(C)nc(OC)c1CNC2=O)[C@H]1CC[C@@H](N)CC1.O=CO. The topological polar surface area (TPSA) is 118 Å². The molecule has 2 aromatic rings. The van der Waals surface area contributed by atoms with E-state index in [0.29, 0.717) is 24.5 Å². The van der Waals surface area contributed by atoms with Gasteiger partial charge in [0.25, 0.3) is 12.4 Å². The molecule has 0 atom stereocenters. The summed E-state index contributed by atoms with van der Waals surface area (Å²) in [4.78, 5) is 28.8. The lowest BCUT2D eigenvalue weighted by Gasteiger charge is -2.38. The molecule has 4 rings (SSSR count). The van der Waals surface area contributed by atoms with Crippen molar-refractivity contribution in [3.05, 3.63) is 64.4 Å². The summed E-state index contributed by atoms with van der Waals surface area (Å²) in [6.07, 6.45) is 11.3. The summed E-state index contributed by atoms with van der Waals surface area (Å²) in [7, 11) is 1.64. The summed E-state index contributed by atoms with van der Waals surface area (Å²) in [6, 6.07) is 9.03. The quantitative estimate of drug-likeness (QED) is 0.419. The van der Waals surface area contributed by atoms with E-state index in [4.69, 9.17) is 20.4 Å². The van der Waals surface area contributed by atoms with Gasteiger partial charge in [-0.15, -0.1) is 0 Å². The number of hydrogen-bond acceptors (Lipinski definition) is 6. The molecule has 0 saturated heterocycles. The monoisotopic (exact) mass is 508 g/mol. The number of nitrogens with zero attached hydrogens (tertiary/aromatic N) is 2. The minimum Gasteiger partial charge on any atom is -0.483 e. The van der Waals surface area contributed by atoms with Crippen LogP contribution in [0, 0.1) is 6.92 Å². The molecule has 4 N–H and O–H groups in total. The largest absolute Gasteiger partial charge is 0.483 e. The molecule has 1 fully saturated rings. The van der Waals surface area contributed by atoms with E-state index in [9.17, 15) is 4.79 Å². The number of allylic oxidation sites excluding steroid dienone is 2. The Kier molecular flexibility index (Phi) is 10.5. The molecule has 1 saturated carbocycles. The van der Waals surface area contributed by atoms with E-state index in [2.05, 4.69) is 46.4 Å². The molecule has 0 bridgehead atoms. The average Bonchev–Trinajstić information content (AvgIpc) is 2.89. The van der Waals surface area contributed by atoms with Crippen LogP contribution >= 0.6 is 0 Å². The average molecular weight is 509 g/mol. The van der Waals surface area contributed by atoms with Gasteiger partial charge in [0.15, 0.2) is 0 Å². The molecule has 37 heavy (non-hydrogen) atoms. The Morgan fingerprint density at radius 2 is 1.95 bits per heavy atom. The van der Waals surface area contributed by atoms with Gasteiger partial charge in [0.1, 0.15) is 0 Å². The third kappa shape index (κ3) is 7.10. The van der Waals surface area contributed by atoms with Crippen LogP contribution in [0.5, 0.6) is 5.88 Å². The van der Waals surface area contributed by atoms with Crippen molar-refractivity contribution in [2.75, 3.05) is 18.6 Å². The van der Waals surface area contributed by atoms with Crippen LogP contribution < -0.4 is 20.7 Å². The predicted octanol–water partition coefficient (Wildman–Crippen LogP) is 4.17. The molecule has 200 valence electrons. The molecule has 2 heterocycles. The summed E-state index contributed by atoms with van der Waals surface area (Å²) >= 11 is 0. The van der Waals surface area contributed by atoms with Gasteiger partial charge in [-0.3, -0.25) is 9.59 Å². The molecule has 1 aliphatic heterocycles. The third-order valence-corrected chi connectivity index (χ3v) is 7.22. The van der Waals surface area contributed by atoms with Crippen molar-refractivity contribution >= 4 is 18.1 Å². The number of aromatic nitrogens is 1. The number of rotatable bonds is 4. The second-order valence-electron chi connectivity index (χ2n) is 9.57. The number of ether oxygens (including phenoxy) is 1. The van der Waals surface area contributed by atoms with Gasteiger partial charge in [0.2, 0.25) is 5.88 Å². The molecule has 0 unspecified atom stereocenters. The van der Waals surface area contributed by atoms with E-state index < -0.39 is 0 Å². The fraction of sp³-hybridized carbons (Fsp3) is 0.483. The predicted molar refractivity (Wildman–Crippen MR) is 146 cm³/mol. The van der Waals surface area contributed by atoms with Gasteiger partial charge in [0, 0.05) is 47.7 Å². The minimum absolute atomic E-state index is 0.0545. The van der Waals surface area contributed by atoms with Crippen LogP contribution in [-0.4, -0.2) is 48.2 Å². The fourth-order valence-corrected chi connectivity index (χ4v) is 5.45. The van der Waals surface area contributed by atoms with Crippen molar-refractivity contribution in [1.29, 1.82) is 0 Å². The zero-order valence-corrected chi connectivity index (χ0v) is 22.2. The summed E-state index contributed by atoms with van der Waals surface area (Å²) < 4.78 is 5.57. The van der Waals surface area contributed by atoms with Gasteiger partial charge >= 0.3 is 0 Å². The van der Waals surface area contributed by atoms with Gasteiger partial charge in [-0.05, 0) is 88.1 Å². The van der Waals surface area contributed by atoms with Crippen molar-refractivity contribution in [2.45, 2.75) is 77.4 Å². The number of benzene rings is 1. The smallest absolute Gasteiger partial charge is 0.290 e. The Balaban J connectivity index is 0.00000121. The Labute approximate surface area is 219 Å². The van der Waals surface area contributed by atoms with E-state index in [1.165, 1.54) is 11.3 Å². The van der Waals surface area contributed by atoms with Gasteiger partial charge in [-0.2, -0.15) is 0 Å². The molecule has 1 aromatic carbocycles. The maximum Gasteiger partial charge on any atom is 0.290 e. The third-order valence-electron chi connectivity index (χ3n) is 7.22. The van der Waals surface area contributed by atoms with Crippen LogP contribution in [0.2, 0.25) is 0 Å². The van der Waals surface area contributed by atoms with Crippen LogP contribution in [0.1, 0.15) is 71.8 Å². The van der Waals surface area contributed by atoms with Crippen LogP contribution in [0.25, 0.3) is 0 Å². The van der Waals surface area contributed by atoms with Crippen molar-refractivity contribution in [1.82, 2.24) is 10.3 Å². The van der Waals surface area contributed by atoms with Crippen LogP contribution in [0.15, 0.2) is 36.4 Å². The second-order valence-corrected chi connectivity index (χ2v) is 9.57. The normalized spacial score (nSPS) is 19.5. The number of methoxy groups -OCH3 is 1. The Bertz CT molecular complexity index is 1090. The standard InChI is InChI=1S/C28H38N4O2.CH2O2/c1-4-32(22-15-13-21(29)14-16-22)26-12-8-11-24-23(26)10-7-5-6-9-20-17-19(2)31-28(34-3)25(20)18-30-27(24)33;2-1-3/h5,7-8,11-12,17,21-22H,4,6,9-10,13-16,18,29H2,1-3H3,(H,30,33);1H,(H,2,3)/t21-,22+;. The lowest BCUT2D eigenvalue weighted by Crippen LogP contribution is -2.41. The van der Waals surface area contributed by atoms with Crippen molar-refractivity contribution in [2.24, 2.45) is 5.73 Å². The molecule has 1 aromatic heterocycles. The number of carbonyl (C=O) groups is 2. The second kappa shape index (κ2) is 13.8. The van der Waals surface area contributed by atoms with Crippen LogP contribution in [0.3, 0.4) is 0 Å². The van der Waals surface area contributed by atoms with Crippen LogP contribution in [-0.2, 0) is 24.2 Å². The molecule has 2 aliphatic rings. The lowest BCUT2D eigenvalue weighted by molar-refractivity contribution is -0.122. The number of nitrogens with one attached hydrogen (secondary N) is 1. The molecule has 1 amide bonds. The fourth-order valence-electron chi connectivity index (χ4n) is 5.45. The van der Waals surface area contributed by atoms with Crippen molar-refractivity contribution in [3.63, 3.8) is 0 Å². The zero-order valence-electron chi connectivity index (χ0n) is 22.2. The number of nitrogens with two attached hydrogens (primary N) is 1. The zero-order chi connectivity index (χ0) is 26.8. The number of fused-ring (bicyclic) bond motifs is 2. The molecule has 1 aliphatic carbocycles. The number of carboxylic acid groups (broad SMARTS) is 1. The van der Waals surface area contributed by atoms with E-state index in [0.717, 1.165) is 73.9 Å². The van der Waals surface area contributed by atoms with E-state index in [-0.39, 0.29) is 12.4 Å². The first-order chi connectivity index (χ1) is 17.9. The first kappa shape index (κ1) is 28.2. The number of aryl methyl sites for hydroxylation is 2. The Hall–Kier alpha value is -3.39. The number of anilines is 1. The summed E-state index contributed by atoms with van der Waals surface area (Å²) in [5.74, 6) is 0.541. The number of pyridine rings is 1. The highest BCUT2D eigenvalue weighted by atomic mass is 16.5. The molecule has 8 heteroatoms. The lowest BCUT2D eigenvalue weighted by atomic mass is 9.89.